The number of rotatable bonds is 6. The van der Waals surface area contributed by atoms with E-state index in [-0.39, 0.29) is 18.6 Å². The fourth-order valence-electron chi connectivity index (χ4n) is 1.64. The normalized spacial score (nSPS) is 12.2. The molecule has 18 heavy (non-hydrogen) atoms. The highest BCUT2D eigenvalue weighted by Gasteiger charge is 2.16. The number of halogens is 1. The van der Waals surface area contributed by atoms with E-state index in [4.69, 9.17) is 9.84 Å². The molecule has 1 atom stereocenters. The van der Waals surface area contributed by atoms with Gasteiger partial charge < -0.3 is 15.2 Å². The van der Waals surface area contributed by atoms with E-state index in [0.717, 1.165) is 10.0 Å². The van der Waals surface area contributed by atoms with Crippen molar-refractivity contribution < 1.29 is 14.6 Å². The third kappa shape index (κ3) is 4.08. The van der Waals surface area contributed by atoms with Gasteiger partial charge in [0.05, 0.1) is 18.2 Å². The van der Waals surface area contributed by atoms with Crippen molar-refractivity contribution >= 4 is 21.8 Å². The Hall–Kier alpha value is -0.910. The van der Waals surface area contributed by atoms with Crippen LogP contribution in [0.2, 0.25) is 0 Å². The van der Waals surface area contributed by atoms with Crippen molar-refractivity contribution in [3.63, 3.8) is 0 Å². The van der Waals surface area contributed by atoms with Crippen molar-refractivity contribution in [2.75, 3.05) is 20.3 Å². The molecule has 0 saturated carbocycles. The van der Waals surface area contributed by atoms with E-state index in [0.29, 0.717) is 18.6 Å². The predicted octanol–water partition coefficient (Wildman–Crippen LogP) is 1.88. The van der Waals surface area contributed by atoms with Gasteiger partial charge in [0.2, 0.25) is 0 Å². The minimum absolute atomic E-state index is 0.0172. The minimum Gasteiger partial charge on any atom is -0.396 e. The Morgan fingerprint density at radius 1 is 1.56 bits per heavy atom. The van der Waals surface area contributed by atoms with Crippen LogP contribution in [-0.2, 0) is 4.74 Å². The lowest BCUT2D eigenvalue weighted by molar-refractivity contribution is 0.0878. The van der Waals surface area contributed by atoms with Crippen LogP contribution in [0.5, 0.6) is 0 Å². The molecule has 1 aromatic carbocycles. The van der Waals surface area contributed by atoms with Crippen molar-refractivity contribution in [2.45, 2.75) is 19.4 Å². The Bertz CT molecular complexity index is 403. The van der Waals surface area contributed by atoms with Gasteiger partial charge in [0, 0.05) is 18.2 Å². The van der Waals surface area contributed by atoms with Gasteiger partial charge in [-0.1, -0.05) is 12.1 Å². The number of ether oxygens (including phenoxy) is 1. The molecule has 0 radical (unpaired) electrons. The largest absolute Gasteiger partial charge is 0.396 e. The van der Waals surface area contributed by atoms with Crippen molar-refractivity contribution in [3.05, 3.63) is 33.8 Å². The maximum atomic E-state index is 12.1. The van der Waals surface area contributed by atoms with Crippen LogP contribution in [0.25, 0.3) is 0 Å². The Morgan fingerprint density at radius 2 is 2.28 bits per heavy atom. The molecule has 0 bridgehead atoms. The third-order valence-corrected chi connectivity index (χ3v) is 3.67. The summed E-state index contributed by atoms with van der Waals surface area (Å²) in [5, 5.41) is 11.8. The molecule has 0 heterocycles. The van der Waals surface area contributed by atoms with E-state index >= 15 is 0 Å². The zero-order valence-corrected chi connectivity index (χ0v) is 12.2. The van der Waals surface area contributed by atoms with Crippen LogP contribution in [0, 0.1) is 6.92 Å². The standard InChI is InChI=1S/C13H18BrNO3/c1-9-4-3-5-11(12(9)14)13(17)15-10(6-7-16)8-18-2/h3-5,10,16H,6-8H2,1-2H3,(H,15,17). The van der Waals surface area contributed by atoms with Gasteiger partial charge in [-0.3, -0.25) is 4.79 Å². The number of aliphatic hydroxyl groups is 1. The van der Waals surface area contributed by atoms with Gasteiger partial charge in [-0.2, -0.15) is 0 Å². The first-order chi connectivity index (χ1) is 8.60. The number of benzene rings is 1. The van der Waals surface area contributed by atoms with Gasteiger partial charge in [0.15, 0.2) is 0 Å². The number of hydrogen-bond acceptors (Lipinski definition) is 3. The van der Waals surface area contributed by atoms with Gasteiger partial charge in [-0.05, 0) is 40.9 Å². The van der Waals surface area contributed by atoms with Gasteiger partial charge in [-0.15, -0.1) is 0 Å². The highest BCUT2D eigenvalue weighted by Crippen LogP contribution is 2.21. The number of nitrogens with one attached hydrogen (secondary N) is 1. The Morgan fingerprint density at radius 3 is 2.89 bits per heavy atom. The van der Waals surface area contributed by atoms with Gasteiger partial charge >= 0.3 is 0 Å². The lowest BCUT2D eigenvalue weighted by Gasteiger charge is -2.17. The average Bonchev–Trinajstić information content (AvgIpc) is 2.33. The molecule has 1 amide bonds. The molecule has 0 aliphatic rings. The average molecular weight is 316 g/mol. The zero-order valence-electron chi connectivity index (χ0n) is 10.6. The number of carbonyl (C=O) groups excluding carboxylic acids is 1. The molecule has 100 valence electrons. The molecule has 2 N–H and O–H groups in total. The molecule has 1 unspecified atom stereocenters. The summed E-state index contributed by atoms with van der Waals surface area (Å²) in [5.41, 5.74) is 1.60. The van der Waals surface area contributed by atoms with Crippen molar-refractivity contribution in [3.8, 4) is 0 Å². The Labute approximate surface area is 115 Å². The van der Waals surface area contributed by atoms with E-state index in [2.05, 4.69) is 21.2 Å². The van der Waals surface area contributed by atoms with E-state index < -0.39 is 0 Å². The summed E-state index contributed by atoms with van der Waals surface area (Å²) >= 11 is 3.41. The summed E-state index contributed by atoms with van der Waals surface area (Å²) < 4.78 is 5.80. The molecule has 0 aliphatic carbocycles. The van der Waals surface area contributed by atoms with E-state index in [1.165, 1.54) is 0 Å². The highest BCUT2D eigenvalue weighted by molar-refractivity contribution is 9.10. The molecule has 0 aromatic heterocycles. The molecule has 0 fully saturated rings. The van der Waals surface area contributed by atoms with Gasteiger partial charge in [0.1, 0.15) is 0 Å². The number of hydrogen-bond donors (Lipinski definition) is 2. The Balaban J connectivity index is 2.77. The summed E-state index contributed by atoms with van der Waals surface area (Å²) in [4.78, 5) is 12.1. The molecular formula is C13H18BrNO3. The Kier molecular flexibility index (Phi) is 6.32. The predicted molar refractivity (Wildman–Crippen MR) is 73.7 cm³/mol. The van der Waals surface area contributed by atoms with Crippen LogP contribution in [0.15, 0.2) is 22.7 Å². The van der Waals surface area contributed by atoms with Crippen LogP contribution in [0.4, 0.5) is 0 Å². The second-order valence-electron chi connectivity index (χ2n) is 4.07. The summed E-state index contributed by atoms with van der Waals surface area (Å²) in [7, 11) is 1.57. The summed E-state index contributed by atoms with van der Waals surface area (Å²) in [6, 6.07) is 5.35. The second kappa shape index (κ2) is 7.51. The monoisotopic (exact) mass is 315 g/mol. The maximum absolute atomic E-state index is 12.1. The SMILES string of the molecule is COCC(CCO)NC(=O)c1cccc(C)c1Br. The second-order valence-corrected chi connectivity index (χ2v) is 4.87. The molecule has 5 heteroatoms. The smallest absolute Gasteiger partial charge is 0.252 e. The van der Waals surface area contributed by atoms with Crippen LogP contribution in [0.3, 0.4) is 0 Å². The maximum Gasteiger partial charge on any atom is 0.252 e. The lowest BCUT2D eigenvalue weighted by Crippen LogP contribution is -2.38. The van der Waals surface area contributed by atoms with Crippen molar-refractivity contribution in [2.24, 2.45) is 0 Å². The van der Waals surface area contributed by atoms with Crippen molar-refractivity contribution in [1.82, 2.24) is 5.32 Å². The van der Waals surface area contributed by atoms with Crippen molar-refractivity contribution in [1.29, 1.82) is 0 Å². The van der Waals surface area contributed by atoms with E-state index in [9.17, 15) is 4.79 Å². The molecule has 1 rings (SSSR count). The number of carbonyl (C=O) groups is 1. The topological polar surface area (TPSA) is 58.6 Å². The number of aryl methyl sites for hydroxylation is 1. The van der Waals surface area contributed by atoms with Gasteiger partial charge in [0.25, 0.3) is 5.91 Å². The van der Waals surface area contributed by atoms with Crippen LogP contribution in [0.1, 0.15) is 22.3 Å². The van der Waals surface area contributed by atoms with Gasteiger partial charge in [-0.25, -0.2) is 0 Å². The van der Waals surface area contributed by atoms with E-state index in [1.807, 2.05) is 19.1 Å². The lowest BCUT2D eigenvalue weighted by atomic mass is 10.1. The minimum atomic E-state index is -0.181. The molecule has 0 saturated heterocycles. The third-order valence-electron chi connectivity index (χ3n) is 2.62. The molecule has 1 aromatic rings. The quantitative estimate of drug-likeness (QED) is 0.842. The van der Waals surface area contributed by atoms with Crippen LogP contribution < -0.4 is 5.32 Å². The summed E-state index contributed by atoms with van der Waals surface area (Å²) in [6.07, 6.45) is 0.475. The summed E-state index contributed by atoms with van der Waals surface area (Å²) in [5.74, 6) is -0.166. The summed E-state index contributed by atoms with van der Waals surface area (Å²) in [6.45, 7) is 2.33. The zero-order chi connectivity index (χ0) is 13.5. The number of methoxy groups -OCH3 is 1. The van der Waals surface area contributed by atoms with E-state index in [1.54, 1.807) is 13.2 Å². The fourth-order valence-corrected chi connectivity index (χ4v) is 2.08. The first-order valence-corrected chi connectivity index (χ1v) is 6.55. The molecule has 0 aliphatic heterocycles. The highest BCUT2D eigenvalue weighted by atomic mass is 79.9. The number of amides is 1. The molecule has 4 nitrogen and oxygen atoms in total. The first kappa shape index (κ1) is 15.1. The number of aliphatic hydroxyl groups excluding tert-OH is 1. The van der Waals surface area contributed by atoms with Crippen LogP contribution >= 0.6 is 15.9 Å². The first-order valence-electron chi connectivity index (χ1n) is 5.76. The molecular weight excluding hydrogens is 298 g/mol. The fraction of sp³-hybridized carbons (Fsp3) is 0.462. The molecule has 0 spiro atoms. The van der Waals surface area contributed by atoms with Crippen LogP contribution in [-0.4, -0.2) is 37.4 Å².